The van der Waals surface area contributed by atoms with Gasteiger partial charge in [-0.25, -0.2) is 13.1 Å². The molecule has 0 aromatic heterocycles. The molecule has 49 heavy (non-hydrogen) atoms. The molecule has 0 aliphatic rings. The number of non-ortho nitro benzene ring substituents is 1. The zero-order chi connectivity index (χ0) is 36.1. The minimum atomic E-state index is -4.02. The Morgan fingerprint density at radius 1 is 0.857 bits per heavy atom. The molecular weight excluding hydrogens is 665 g/mol. The van der Waals surface area contributed by atoms with Crippen molar-refractivity contribution in [1.82, 2.24) is 4.72 Å². The quantitative estimate of drug-likeness (QED) is 0.0667. The number of methoxy groups -OCH3 is 2. The standard InChI is InChI=1S/C36H44N2O9SSi/c1-35(2,3)49(31-16-9-6-10-17-31,32-18-11-7-12-19-32)47-27-14-8-13-24-36(34(40)46-5,28-33(39)45-4)25-15-26-37-48(43,44)30-22-20-29(21-23-30)38(41)42/h6-12,14-23,25,37H,13,24,26-28H2,1-5H3/b14-8+,25-15-/t36-/m0/s1. The molecule has 0 aliphatic heterocycles. The van der Waals surface area contributed by atoms with Crippen LogP contribution in [0.5, 0.6) is 0 Å². The summed E-state index contributed by atoms with van der Waals surface area (Å²) in [6.45, 7) is 6.67. The summed E-state index contributed by atoms with van der Waals surface area (Å²) in [7, 11) is -4.34. The Kier molecular flexibility index (Phi) is 13.8. The van der Waals surface area contributed by atoms with Crippen molar-refractivity contribution >= 4 is 46.3 Å². The number of hydrogen-bond donors (Lipinski definition) is 1. The fourth-order valence-electron chi connectivity index (χ4n) is 5.74. The summed E-state index contributed by atoms with van der Waals surface area (Å²) >= 11 is 0. The SMILES string of the molecule is COC(=O)C[C@@](/C=C\CNS(=O)(=O)c1ccc([N+](=O)[O-])cc1)(CC/C=C/CO[Si](c1ccccc1)(c1ccccc1)C(C)(C)C)C(=O)OC. The van der Waals surface area contributed by atoms with Gasteiger partial charge in [-0.3, -0.25) is 19.7 Å². The van der Waals surface area contributed by atoms with E-state index < -0.39 is 40.6 Å². The van der Waals surface area contributed by atoms with Gasteiger partial charge in [0.05, 0.1) is 42.5 Å². The van der Waals surface area contributed by atoms with Gasteiger partial charge in [0.1, 0.15) is 0 Å². The van der Waals surface area contributed by atoms with E-state index in [4.69, 9.17) is 13.9 Å². The molecule has 0 heterocycles. The second kappa shape index (κ2) is 17.3. The number of rotatable bonds is 17. The Balaban J connectivity index is 1.79. The van der Waals surface area contributed by atoms with Gasteiger partial charge in [-0.05, 0) is 40.4 Å². The first-order chi connectivity index (χ1) is 23.2. The molecule has 1 atom stereocenters. The van der Waals surface area contributed by atoms with E-state index >= 15 is 0 Å². The lowest BCUT2D eigenvalue weighted by molar-refractivity contribution is -0.384. The molecule has 0 radical (unpaired) electrons. The number of nitrogens with zero attached hydrogens (tertiary/aromatic N) is 1. The third kappa shape index (κ3) is 9.82. The number of hydrogen-bond acceptors (Lipinski definition) is 9. The van der Waals surface area contributed by atoms with E-state index in [1.807, 2.05) is 48.6 Å². The van der Waals surface area contributed by atoms with E-state index in [-0.39, 0.29) is 35.0 Å². The van der Waals surface area contributed by atoms with Crippen LogP contribution in [0.4, 0.5) is 5.69 Å². The lowest BCUT2D eigenvalue weighted by Gasteiger charge is -2.42. The van der Waals surface area contributed by atoms with Crippen LogP contribution in [0, 0.1) is 15.5 Å². The summed E-state index contributed by atoms with van der Waals surface area (Å²) in [5.41, 5.74) is -1.68. The van der Waals surface area contributed by atoms with Gasteiger partial charge in [-0.1, -0.05) is 106 Å². The number of nitro benzene ring substituents is 1. The molecule has 3 aromatic carbocycles. The molecule has 262 valence electrons. The van der Waals surface area contributed by atoms with Gasteiger partial charge in [0, 0.05) is 18.7 Å². The molecule has 0 fully saturated rings. The molecule has 0 amide bonds. The summed E-state index contributed by atoms with van der Waals surface area (Å²) in [6.07, 6.45) is 6.89. The largest absolute Gasteiger partial charge is 0.469 e. The molecule has 0 saturated heterocycles. The lowest BCUT2D eigenvalue weighted by atomic mass is 9.79. The number of nitro groups is 1. The minimum Gasteiger partial charge on any atom is -0.469 e. The summed E-state index contributed by atoms with van der Waals surface area (Å²) < 4.78 is 44.7. The number of carbonyl (C=O) groups is 2. The minimum absolute atomic E-state index is 0.161. The van der Waals surface area contributed by atoms with Crippen molar-refractivity contribution in [3.63, 3.8) is 0 Å². The van der Waals surface area contributed by atoms with E-state index in [2.05, 4.69) is 49.8 Å². The van der Waals surface area contributed by atoms with Gasteiger partial charge in [0.15, 0.2) is 0 Å². The highest BCUT2D eigenvalue weighted by Gasteiger charge is 2.50. The van der Waals surface area contributed by atoms with Crippen LogP contribution in [0.15, 0.2) is 114 Å². The van der Waals surface area contributed by atoms with Crippen molar-refractivity contribution < 1.29 is 36.8 Å². The van der Waals surface area contributed by atoms with Crippen LogP contribution in [-0.4, -0.2) is 61.0 Å². The highest BCUT2D eigenvalue weighted by atomic mass is 32.2. The average Bonchev–Trinajstić information content (AvgIpc) is 3.09. The molecule has 0 aliphatic carbocycles. The van der Waals surface area contributed by atoms with Gasteiger partial charge in [0.2, 0.25) is 10.0 Å². The summed E-state index contributed by atoms with van der Waals surface area (Å²) in [6, 6.07) is 25.0. The van der Waals surface area contributed by atoms with Crippen LogP contribution in [0.2, 0.25) is 5.04 Å². The monoisotopic (exact) mass is 708 g/mol. The smallest absolute Gasteiger partial charge is 0.316 e. The molecule has 1 N–H and O–H groups in total. The third-order valence-electron chi connectivity index (χ3n) is 8.20. The summed E-state index contributed by atoms with van der Waals surface area (Å²) in [5, 5.41) is 13.0. The number of ether oxygens (including phenoxy) is 2. The van der Waals surface area contributed by atoms with Crippen molar-refractivity contribution in [2.24, 2.45) is 5.41 Å². The van der Waals surface area contributed by atoms with Crippen molar-refractivity contribution in [2.75, 3.05) is 27.4 Å². The Labute approximate surface area is 289 Å². The van der Waals surface area contributed by atoms with Crippen LogP contribution in [-0.2, 0) is 33.5 Å². The van der Waals surface area contributed by atoms with Gasteiger partial charge in [-0.2, -0.15) is 0 Å². The number of carbonyl (C=O) groups excluding carboxylic acids is 2. The van der Waals surface area contributed by atoms with Crippen LogP contribution in [0.1, 0.15) is 40.0 Å². The Morgan fingerprint density at radius 2 is 1.43 bits per heavy atom. The van der Waals surface area contributed by atoms with Crippen LogP contribution in [0.3, 0.4) is 0 Å². The second-order valence-corrected chi connectivity index (χ2v) is 18.5. The van der Waals surface area contributed by atoms with Crippen molar-refractivity contribution in [3.05, 3.63) is 119 Å². The predicted molar refractivity (Wildman–Crippen MR) is 190 cm³/mol. The van der Waals surface area contributed by atoms with E-state index in [0.717, 1.165) is 34.6 Å². The van der Waals surface area contributed by atoms with E-state index in [9.17, 15) is 28.1 Å². The van der Waals surface area contributed by atoms with Crippen molar-refractivity contribution in [3.8, 4) is 0 Å². The number of nitrogens with one attached hydrogen (secondary N) is 1. The number of allylic oxidation sites excluding steroid dienone is 1. The molecule has 0 bridgehead atoms. The third-order valence-corrected chi connectivity index (χ3v) is 14.6. The maximum absolute atomic E-state index is 13.1. The van der Waals surface area contributed by atoms with Crippen LogP contribution < -0.4 is 15.1 Å². The zero-order valence-electron chi connectivity index (χ0n) is 28.5. The number of benzene rings is 3. The molecular formula is C36H44N2O9SSi. The average molecular weight is 709 g/mol. The normalized spacial score (nSPS) is 13.7. The highest BCUT2D eigenvalue weighted by molar-refractivity contribution is 7.89. The highest BCUT2D eigenvalue weighted by Crippen LogP contribution is 2.37. The van der Waals surface area contributed by atoms with Crippen LogP contribution >= 0.6 is 0 Å². The Bertz CT molecular complexity index is 1680. The van der Waals surface area contributed by atoms with Crippen molar-refractivity contribution in [2.45, 2.75) is 50.0 Å². The van der Waals surface area contributed by atoms with E-state index in [0.29, 0.717) is 13.0 Å². The lowest BCUT2D eigenvalue weighted by Crippen LogP contribution is -2.66. The fourth-order valence-corrected chi connectivity index (χ4v) is 11.2. The van der Waals surface area contributed by atoms with E-state index in [1.54, 1.807) is 0 Å². The summed E-state index contributed by atoms with van der Waals surface area (Å²) in [5.74, 6) is -1.31. The fraction of sp³-hybridized carbons (Fsp3) is 0.333. The first-order valence-electron chi connectivity index (χ1n) is 15.7. The second-order valence-electron chi connectivity index (χ2n) is 12.4. The molecule has 3 aromatic rings. The number of esters is 2. The Morgan fingerprint density at radius 3 is 1.92 bits per heavy atom. The molecule has 0 spiro atoms. The summed E-state index contributed by atoms with van der Waals surface area (Å²) in [4.78, 5) is 35.7. The van der Waals surface area contributed by atoms with Crippen LogP contribution in [0.25, 0.3) is 0 Å². The van der Waals surface area contributed by atoms with Gasteiger partial charge < -0.3 is 13.9 Å². The molecule has 13 heteroatoms. The van der Waals surface area contributed by atoms with Gasteiger partial charge in [-0.15, -0.1) is 0 Å². The van der Waals surface area contributed by atoms with E-state index in [1.165, 1.54) is 26.4 Å². The molecule has 0 unspecified atom stereocenters. The predicted octanol–water partition coefficient (Wildman–Crippen LogP) is 5.06. The number of sulfonamides is 1. The topological polar surface area (TPSA) is 151 Å². The maximum Gasteiger partial charge on any atom is 0.316 e. The first-order valence-corrected chi connectivity index (χ1v) is 19.1. The van der Waals surface area contributed by atoms with Gasteiger partial charge >= 0.3 is 11.9 Å². The molecule has 0 saturated carbocycles. The Hall–Kier alpha value is -4.43. The van der Waals surface area contributed by atoms with Crippen molar-refractivity contribution in [1.29, 1.82) is 0 Å². The molecule has 3 rings (SSSR count). The molecule has 11 nitrogen and oxygen atoms in total. The van der Waals surface area contributed by atoms with Gasteiger partial charge in [0.25, 0.3) is 14.0 Å². The maximum atomic E-state index is 13.1. The first kappa shape index (κ1) is 39.0. The zero-order valence-corrected chi connectivity index (χ0v) is 30.3.